The van der Waals surface area contributed by atoms with E-state index in [0.29, 0.717) is 31.2 Å². The van der Waals surface area contributed by atoms with Crippen LogP contribution in [0.2, 0.25) is 0 Å². The van der Waals surface area contributed by atoms with Crippen LogP contribution < -0.4 is 0 Å². The average Bonchev–Trinajstić information content (AvgIpc) is 3.18. The highest BCUT2D eigenvalue weighted by atomic mass is 16.5. The summed E-state index contributed by atoms with van der Waals surface area (Å²) in [6.45, 7) is 3.44. The molecule has 0 bridgehead atoms. The number of carbonyl (C=O) groups is 1. The Hall–Kier alpha value is -2.28. The molecule has 1 amide bonds. The van der Waals surface area contributed by atoms with E-state index in [1.807, 2.05) is 13.0 Å². The van der Waals surface area contributed by atoms with Gasteiger partial charge in [-0.2, -0.15) is 5.10 Å². The minimum atomic E-state index is -0.278. The van der Waals surface area contributed by atoms with Gasteiger partial charge in [0.15, 0.2) is 11.5 Å². The number of carbonyl (C=O) groups excluding carboxylic acids is 1. The predicted molar refractivity (Wildman–Crippen MR) is 82.0 cm³/mol. The maximum Gasteiger partial charge on any atom is 0.274 e. The fourth-order valence-corrected chi connectivity index (χ4v) is 3.26. The van der Waals surface area contributed by atoms with Crippen LogP contribution in [-0.4, -0.2) is 50.7 Å². The first-order chi connectivity index (χ1) is 11.2. The van der Waals surface area contributed by atoms with Crippen LogP contribution in [0.25, 0.3) is 0 Å². The monoisotopic (exact) mass is 313 g/mol. The number of fused-ring (bicyclic) bond motifs is 1. The summed E-state index contributed by atoms with van der Waals surface area (Å²) in [6.07, 6.45) is 4.45. The zero-order valence-corrected chi connectivity index (χ0v) is 13.1. The number of aromatic amines is 1. The molecule has 4 rings (SSSR count). The van der Waals surface area contributed by atoms with Gasteiger partial charge in [-0.1, -0.05) is 0 Å². The Morgan fingerprint density at radius 3 is 3.22 bits per heavy atom. The first kappa shape index (κ1) is 14.3. The first-order valence-corrected chi connectivity index (χ1v) is 7.99. The highest BCUT2D eigenvalue weighted by molar-refractivity contribution is 5.94. The van der Waals surface area contributed by atoms with Crippen LogP contribution in [0.4, 0.5) is 0 Å². The smallest absolute Gasteiger partial charge is 0.274 e. The SMILES string of the molecule is Cc1ccnc([C@@H]2CN(C(=O)c3n[nH]c4c3CCC4)CCO2)n1. The van der Waals surface area contributed by atoms with Crippen LogP contribution in [0.1, 0.15) is 45.8 Å². The van der Waals surface area contributed by atoms with Crippen molar-refractivity contribution in [1.29, 1.82) is 0 Å². The molecular formula is C16H19N5O2. The normalized spacial score (nSPS) is 20.6. The molecule has 0 spiro atoms. The molecule has 1 N–H and O–H groups in total. The van der Waals surface area contributed by atoms with Crippen LogP contribution >= 0.6 is 0 Å². The number of nitrogens with zero attached hydrogens (tertiary/aromatic N) is 4. The van der Waals surface area contributed by atoms with E-state index in [4.69, 9.17) is 4.74 Å². The number of morpholine rings is 1. The third-order valence-corrected chi connectivity index (χ3v) is 4.46. The standard InChI is InChI=1S/C16H19N5O2/c1-10-5-6-17-15(18-10)13-9-21(7-8-23-13)16(22)14-11-3-2-4-12(11)19-20-14/h5-6,13H,2-4,7-9H2,1H3,(H,19,20)/t13-/m0/s1. The van der Waals surface area contributed by atoms with Gasteiger partial charge in [0.05, 0.1) is 13.2 Å². The predicted octanol–water partition coefficient (Wildman–Crippen LogP) is 1.21. The second kappa shape index (κ2) is 5.73. The molecule has 7 nitrogen and oxygen atoms in total. The number of aryl methyl sites for hydroxylation is 2. The second-order valence-electron chi connectivity index (χ2n) is 6.05. The minimum absolute atomic E-state index is 0.0228. The Morgan fingerprint density at radius 2 is 2.35 bits per heavy atom. The van der Waals surface area contributed by atoms with E-state index < -0.39 is 0 Å². The third kappa shape index (κ3) is 2.61. The molecule has 2 aromatic rings. The molecule has 1 fully saturated rings. The van der Waals surface area contributed by atoms with Gasteiger partial charge in [-0.25, -0.2) is 9.97 Å². The van der Waals surface area contributed by atoms with E-state index in [-0.39, 0.29) is 12.0 Å². The summed E-state index contributed by atoms with van der Waals surface area (Å²) in [5.74, 6) is 0.611. The summed E-state index contributed by atoms with van der Waals surface area (Å²) in [5, 5.41) is 7.24. The van der Waals surface area contributed by atoms with Crippen molar-refractivity contribution in [3.63, 3.8) is 0 Å². The van der Waals surface area contributed by atoms with Gasteiger partial charge in [0, 0.05) is 29.7 Å². The topological polar surface area (TPSA) is 84.0 Å². The van der Waals surface area contributed by atoms with Crippen molar-refractivity contribution in [3.8, 4) is 0 Å². The van der Waals surface area contributed by atoms with Crippen molar-refractivity contribution < 1.29 is 9.53 Å². The highest BCUT2D eigenvalue weighted by Gasteiger charge is 2.31. The number of rotatable bonds is 2. The van der Waals surface area contributed by atoms with Gasteiger partial charge in [-0.05, 0) is 32.3 Å². The van der Waals surface area contributed by atoms with Gasteiger partial charge in [0.1, 0.15) is 6.10 Å². The van der Waals surface area contributed by atoms with Crippen molar-refractivity contribution in [2.24, 2.45) is 0 Å². The van der Waals surface area contributed by atoms with Crippen LogP contribution in [0.15, 0.2) is 12.3 Å². The molecule has 1 aliphatic heterocycles. The molecule has 1 atom stereocenters. The minimum Gasteiger partial charge on any atom is -0.367 e. The van der Waals surface area contributed by atoms with Gasteiger partial charge < -0.3 is 9.64 Å². The lowest BCUT2D eigenvalue weighted by molar-refractivity contribution is -0.0271. The summed E-state index contributed by atoms with van der Waals surface area (Å²) < 4.78 is 5.76. The van der Waals surface area contributed by atoms with Crippen molar-refractivity contribution in [3.05, 3.63) is 40.7 Å². The number of hydrogen-bond donors (Lipinski definition) is 1. The number of H-pyrrole nitrogens is 1. The molecule has 1 saturated heterocycles. The average molecular weight is 313 g/mol. The number of amides is 1. The van der Waals surface area contributed by atoms with Gasteiger partial charge in [0.2, 0.25) is 0 Å². The summed E-state index contributed by atoms with van der Waals surface area (Å²) in [6, 6.07) is 1.85. The molecule has 2 aromatic heterocycles. The Labute approximate surface area is 134 Å². The van der Waals surface area contributed by atoms with Gasteiger partial charge in [-0.15, -0.1) is 0 Å². The van der Waals surface area contributed by atoms with E-state index in [9.17, 15) is 4.79 Å². The second-order valence-corrected chi connectivity index (χ2v) is 6.05. The largest absolute Gasteiger partial charge is 0.367 e. The fraction of sp³-hybridized carbons (Fsp3) is 0.500. The van der Waals surface area contributed by atoms with Crippen LogP contribution in [0.5, 0.6) is 0 Å². The molecule has 0 aromatic carbocycles. The van der Waals surface area contributed by atoms with Gasteiger partial charge in [-0.3, -0.25) is 9.89 Å². The van der Waals surface area contributed by atoms with Crippen LogP contribution in [0, 0.1) is 6.92 Å². The quantitative estimate of drug-likeness (QED) is 0.901. The third-order valence-electron chi connectivity index (χ3n) is 4.46. The lowest BCUT2D eigenvalue weighted by Gasteiger charge is -2.32. The van der Waals surface area contributed by atoms with E-state index >= 15 is 0 Å². The molecule has 0 saturated carbocycles. The number of hydrogen-bond acceptors (Lipinski definition) is 5. The molecule has 23 heavy (non-hydrogen) atoms. The molecule has 0 unspecified atom stereocenters. The molecule has 1 aliphatic carbocycles. The van der Waals surface area contributed by atoms with Gasteiger partial charge in [0.25, 0.3) is 5.91 Å². The fourth-order valence-electron chi connectivity index (χ4n) is 3.26. The van der Waals surface area contributed by atoms with Crippen molar-refractivity contribution in [2.45, 2.75) is 32.3 Å². The Morgan fingerprint density at radius 1 is 1.43 bits per heavy atom. The number of nitrogens with one attached hydrogen (secondary N) is 1. The van der Waals surface area contributed by atoms with Crippen LogP contribution in [0.3, 0.4) is 0 Å². The van der Waals surface area contributed by atoms with E-state index in [1.165, 1.54) is 0 Å². The van der Waals surface area contributed by atoms with E-state index in [0.717, 1.165) is 36.2 Å². The zero-order chi connectivity index (χ0) is 15.8. The Balaban J connectivity index is 1.54. The maximum atomic E-state index is 12.8. The summed E-state index contributed by atoms with van der Waals surface area (Å²) >= 11 is 0. The van der Waals surface area contributed by atoms with Crippen molar-refractivity contribution in [2.75, 3.05) is 19.7 Å². The lowest BCUT2D eigenvalue weighted by Crippen LogP contribution is -2.43. The summed E-state index contributed by atoms with van der Waals surface area (Å²) in [5.41, 5.74) is 3.67. The molecule has 7 heteroatoms. The van der Waals surface area contributed by atoms with Crippen molar-refractivity contribution in [1.82, 2.24) is 25.1 Å². The zero-order valence-electron chi connectivity index (χ0n) is 13.1. The Kier molecular flexibility index (Phi) is 3.57. The van der Waals surface area contributed by atoms with E-state index in [1.54, 1.807) is 11.1 Å². The molecule has 120 valence electrons. The van der Waals surface area contributed by atoms with Gasteiger partial charge >= 0.3 is 0 Å². The van der Waals surface area contributed by atoms with E-state index in [2.05, 4.69) is 20.2 Å². The molecule has 3 heterocycles. The Bertz CT molecular complexity index is 742. The molecule has 2 aliphatic rings. The first-order valence-electron chi connectivity index (χ1n) is 7.99. The number of ether oxygens (including phenoxy) is 1. The van der Waals surface area contributed by atoms with Crippen molar-refractivity contribution >= 4 is 5.91 Å². The highest BCUT2D eigenvalue weighted by Crippen LogP contribution is 2.26. The molecular weight excluding hydrogens is 294 g/mol. The van der Waals surface area contributed by atoms with Crippen LogP contribution in [-0.2, 0) is 17.6 Å². The summed E-state index contributed by atoms with van der Waals surface area (Å²) in [7, 11) is 0. The molecule has 0 radical (unpaired) electrons. The summed E-state index contributed by atoms with van der Waals surface area (Å²) in [4.78, 5) is 23.3. The maximum absolute atomic E-state index is 12.8. The number of aromatic nitrogens is 4. The lowest BCUT2D eigenvalue weighted by atomic mass is 10.1.